The highest BCUT2D eigenvalue weighted by Crippen LogP contribution is 2.38. The normalized spacial score (nSPS) is 30.1. The molecule has 0 saturated carbocycles. The largest absolute Gasteiger partial charge is 0.339 e. The molecular formula is C17H20ClN3O2. The maximum absolute atomic E-state index is 12.7. The molecule has 2 amide bonds. The zero-order chi connectivity index (χ0) is 16.0. The van der Waals surface area contributed by atoms with E-state index in [-0.39, 0.29) is 5.91 Å². The molecule has 0 aromatic carbocycles. The Hall–Kier alpha value is -1.62. The lowest BCUT2D eigenvalue weighted by atomic mass is 9.76. The molecule has 0 radical (unpaired) electrons. The van der Waals surface area contributed by atoms with Gasteiger partial charge in [-0.15, -0.1) is 0 Å². The van der Waals surface area contributed by atoms with Gasteiger partial charge in [0.25, 0.3) is 5.91 Å². The number of likely N-dealkylation sites (tertiary alicyclic amines) is 1. The van der Waals surface area contributed by atoms with Crippen molar-refractivity contribution in [1.29, 1.82) is 0 Å². The van der Waals surface area contributed by atoms with Crippen molar-refractivity contribution in [3.05, 3.63) is 29.0 Å². The number of rotatable bonds is 1. The molecule has 2 bridgehead atoms. The minimum Gasteiger partial charge on any atom is -0.339 e. The number of hydrogen-bond donors (Lipinski definition) is 0. The maximum Gasteiger partial charge on any atom is 0.272 e. The van der Waals surface area contributed by atoms with Crippen LogP contribution in [0.5, 0.6) is 0 Å². The van der Waals surface area contributed by atoms with E-state index >= 15 is 0 Å². The molecule has 4 rings (SSSR count). The van der Waals surface area contributed by atoms with Crippen molar-refractivity contribution in [2.75, 3.05) is 19.6 Å². The SMILES string of the molecule is O=C(c1ccc(Cl)cn1)N1C[C@@H]2C[C@H](C1)[C@@H]1CCCC(=O)N1C2. The topological polar surface area (TPSA) is 53.5 Å². The second kappa shape index (κ2) is 5.78. The fourth-order valence-electron chi connectivity index (χ4n) is 4.44. The van der Waals surface area contributed by atoms with Gasteiger partial charge < -0.3 is 9.80 Å². The molecule has 3 atom stereocenters. The van der Waals surface area contributed by atoms with E-state index in [2.05, 4.69) is 9.88 Å². The summed E-state index contributed by atoms with van der Waals surface area (Å²) in [5.41, 5.74) is 0.450. The van der Waals surface area contributed by atoms with E-state index < -0.39 is 0 Å². The highest BCUT2D eigenvalue weighted by atomic mass is 35.5. The lowest BCUT2D eigenvalue weighted by Crippen LogP contribution is -2.61. The van der Waals surface area contributed by atoms with Crippen LogP contribution in [0.4, 0.5) is 0 Å². The van der Waals surface area contributed by atoms with E-state index in [9.17, 15) is 9.59 Å². The van der Waals surface area contributed by atoms with E-state index in [4.69, 9.17) is 11.6 Å². The number of nitrogens with zero attached hydrogens (tertiary/aromatic N) is 3. The number of aromatic nitrogens is 1. The molecule has 0 N–H and O–H groups in total. The summed E-state index contributed by atoms with van der Waals surface area (Å²) in [5, 5.41) is 0.536. The van der Waals surface area contributed by atoms with E-state index in [1.165, 1.54) is 6.20 Å². The van der Waals surface area contributed by atoms with Crippen molar-refractivity contribution >= 4 is 23.4 Å². The highest BCUT2D eigenvalue weighted by Gasteiger charge is 2.44. The zero-order valence-electron chi connectivity index (χ0n) is 12.9. The van der Waals surface area contributed by atoms with Crippen LogP contribution in [0.1, 0.15) is 36.2 Å². The van der Waals surface area contributed by atoms with Crippen molar-refractivity contribution in [2.45, 2.75) is 31.7 Å². The van der Waals surface area contributed by atoms with E-state index in [1.54, 1.807) is 12.1 Å². The van der Waals surface area contributed by atoms with Crippen LogP contribution in [0.25, 0.3) is 0 Å². The summed E-state index contributed by atoms with van der Waals surface area (Å²) in [6.45, 7) is 2.25. The van der Waals surface area contributed by atoms with Crippen LogP contribution < -0.4 is 0 Å². The van der Waals surface area contributed by atoms with Gasteiger partial charge in [-0.25, -0.2) is 4.98 Å². The molecule has 1 aromatic rings. The average molecular weight is 334 g/mol. The van der Waals surface area contributed by atoms with Gasteiger partial charge in [0.1, 0.15) is 5.69 Å². The lowest BCUT2D eigenvalue weighted by Gasteiger charge is -2.52. The minimum absolute atomic E-state index is 0.0213. The number of pyridine rings is 1. The zero-order valence-corrected chi connectivity index (χ0v) is 13.7. The number of piperidine rings is 3. The summed E-state index contributed by atoms with van der Waals surface area (Å²) in [6.07, 6.45) is 5.39. The number of halogens is 1. The molecule has 4 heterocycles. The van der Waals surface area contributed by atoms with Crippen LogP contribution in [0.2, 0.25) is 5.02 Å². The second-order valence-electron chi connectivity index (χ2n) is 6.94. The molecule has 1 aromatic heterocycles. The van der Waals surface area contributed by atoms with Gasteiger partial charge in [0, 0.05) is 38.3 Å². The quantitative estimate of drug-likeness (QED) is 0.791. The van der Waals surface area contributed by atoms with Crippen molar-refractivity contribution in [2.24, 2.45) is 11.8 Å². The fraction of sp³-hybridized carbons (Fsp3) is 0.588. The predicted molar refractivity (Wildman–Crippen MR) is 86.1 cm³/mol. The van der Waals surface area contributed by atoms with Gasteiger partial charge in [0.15, 0.2) is 0 Å². The predicted octanol–water partition coefficient (Wildman–Crippen LogP) is 2.21. The molecule has 6 heteroatoms. The van der Waals surface area contributed by atoms with Gasteiger partial charge in [0.2, 0.25) is 5.91 Å². The minimum atomic E-state index is -0.0213. The first kappa shape index (κ1) is 14.9. The molecule has 0 unspecified atom stereocenters. The molecule has 23 heavy (non-hydrogen) atoms. The Balaban J connectivity index is 1.52. The van der Waals surface area contributed by atoms with Gasteiger partial charge in [0.05, 0.1) is 5.02 Å². The Morgan fingerprint density at radius 1 is 1.26 bits per heavy atom. The Bertz CT molecular complexity index is 633. The second-order valence-corrected chi connectivity index (χ2v) is 7.38. The number of carbonyl (C=O) groups excluding carboxylic acids is 2. The van der Waals surface area contributed by atoms with Gasteiger partial charge in [-0.3, -0.25) is 9.59 Å². The molecule has 122 valence electrons. The van der Waals surface area contributed by atoms with Crippen molar-refractivity contribution in [1.82, 2.24) is 14.8 Å². The lowest BCUT2D eigenvalue weighted by molar-refractivity contribution is -0.144. The summed E-state index contributed by atoms with van der Waals surface area (Å²) in [5.74, 6) is 1.08. The first-order chi connectivity index (χ1) is 11.1. The summed E-state index contributed by atoms with van der Waals surface area (Å²) >= 11 is 5.85. The van der Waals surface area contributed by atoms with Crippen LogP contribution in [0.3, 0.4) is 0 Å². The van der Waals surface area contributed by atoms with Crippen LogP contribution in [-0.4, -0.2) is 52.3 Å². The standard InChI is InChI=1S/C17H20ClN3O2/c18-13-4-5-14(19-7-13)17(23)20-8-11-6-12(10-20)15-2-1-3-16(22)21(15)9-11/h4-5,7,11-12,15H,1-3,6,8-10H2/t11-,12+,15-/m0/s1. The van der Waals surface area contributed by atoms with Crippen LogP contribution in [-0.2, 0) is 4.79 Å². The van der Waals surface area contributed by atoms with Gasteiger partial charge in [-0.05, 0) is 43.2 Å². The molecule has 3 aliphatic heterocycles. The third-order valence-electron chi connectivity index (χ3n) is 5.41. The Labute approximate surface area is 140 Å². The first-order valence-corrected chi connectivity index (χ1v) is 8.70. The Kier molecular flexibility index (Phi) is 3.76. The number of carbonyl (C=O) groups is 2. The molecule has 3 aliphatic rings. The highest BCUT2D eigenvalue weighted by molar-refractivity contribution is 6.30. The van der Waals surface area contributed by atoms with Gasteiger partial charge >= 0.3 is 0 Å². The molecule has 0 spiro atoms. The summed E-state index contributed by atoms with van der Waals surface area (Å²) < 4.78 is 0. The smallest absolute Gasteiger partial charge is 0.272 e. The molecule has 5 nitrogen and oxygen atoms in total. The van der Waals surface area contributed by atoms with Crippen LogP contribution in [0.15, 0.2) is 18.3 Å². The molecule has 3 fully saturated rings. The van der Waals surface area contributed by atoms with Gasteiger partial charge in [-0.1, -0.05) is 11.6 Å². The van der Waals surface area contributed by atoms with Crippen LogP contribution >= 0.6 is 11.6 Å². The Morgan fingerprint density at radius 2 is 2.13 bits per heavy atom. The summed E-state index contributed by atoms with van der Waals surface area (Å²) in [4.78, 5) is 33.0. The maximum atomic E-state index is 12.7. The first-order valence-electron chi connectivity index (χ1n) is 8.32. The molecular weight excluding hydrogens is 314 g/mol. The van der Waals surface area contributed by atoms with Gasteiger partial charge in [-0.2, -0.15) is 0 Å². The van der Waals surface area contributed by atoms with Crippen molar-refractivity contribution < 1.29 is 9.59 Å². The van der Waals surface area contributed by atoms with Crippen LogP contribution in [0, 0.1) is 11.8 Å². The number of amides is 2. The third kappa shape index (κ3) is 2.71. The summed E-state index contributed by atoms with van der Waals surface area (Å²) in [6, 6.07) is 3.71. The fourth-order valence-corrected chi connectivity index (χ4v) is 4.55. The summed E-state index contributed by atoms with van der Waals surface area (Å²) in [7, 11) is 0. The molecule has 0 aliphatic carbocycles. The van der Waals surface area contributed by atoms with E-state index in [1.807, 2.05) is 4.90 Å². The monoisotopic (exact) mass is 333 g/mol. The Morgan fingerprint density at radius 3 is 2.91 bits per heavy atom. The van der Waals surface area contributed by atoms with Crippen molar-refractivity contribution in [3.63, 3.8) is 0 Å². The number of fused-ring (bicyclic) bond motifs is 4. The molecule has 3 saturated heterocycles. The van der Waals surface area contributed by atoms with E-state index in [0.717, 1.165) is 38.9 Å². The third-order valence-corrected chi connectivity index (χ3v) is 5.64. The average Bonchev–Trinajstić information content (AvgIpc) is 2.56. The number of hydrogen-bond acceptors (Lipinski definition) is 3. The van der Waals surface area contributed by atoms with Crippen molar-refractivity contribution in [3.8, 4) is 0 Å². The van der Waals surface area contributed by atoms with E-state index in [0.29, 0.717) is 40.9 Å².